The lowest BCUT2D eigenvalue weighted by Crippen LogP contribution is -2.23. The summed E-state index contributed by atoms with van der Waals surface area (Å²) in [5, 5.41) is 7.54. The number of hydrogen-bond donors (Lipinski definition) is 1. The zero-order valence-corrected chi connectivity index (χ0v) is 15.2. The summed E-state index contributed by atoms with van der Waals surface area (Å²) in [6, 6.07) is 6.11. The number of hydrogen-bond acceptors (Lipinski definition) is 9. The Kier molecular flexibility index (Phi) is 4.54. The van der Waals surface area contributed by atoms with Crippen molar-refractivity contribution in [3.63, 3.8) is 0 Å². The molecule has 0 unspecified atom stereocenters. The van der Waals surface area contributed by atoms with Crippen molar-refractivity contribution < 1.29 is 26.9 Å². The lowest BCUT2D eigenvalue weighted by molar-refractivity contribution is 0.297. The average Bonchev–Trinajstić information content (AvgIpc) is 3.23. The van der Waals surface area contributed by atoms with Gasteiger partial charge in [0.05, 0.1) is 24.7 Å². The first-order valence-corrected chi connectivity index (χ1v) is 9.65. The summed E-state index contributed by atoms with van der Waals surface area (Å²) in [4.78, 5) is 4.16. The van der Waals surface area contributed by atoms with Crippen molar-refractivity contribution in [3.8, 4) is 23.0 Å². The van der Waals surface area contributed by atoms with Crippen molar-refractivity contribution in [2.45, 2.75) is 24.8 Å². The van der Waals surface area contributed by atoms with Crippen LogP contribution in [0.25, 0.3) is 11.5 Å². The molecule has 3 heterocycles. The lowest BCUT2D eigenvalue weighted by Gasteiger charge is -2.10. The molecule has 142 valence electrons. The predicted octanol–water partition coefficient (Wildman–Crippen LogP) is 1.67. The average molecular weight is 392 g/mol. The van der Waals surface area contributed by atoms with Crippen molar-refractivity contribution in [2.75, 3.05) is 13.2 Å². The van der Waals surface area contributed by atoms with Crippen molar-refractivity contribution >= 4 is 10.0 Å². The number of aromatic nitrogens is 3. The van der Waals surface area contributed by atoms with E-state index in [1.807, 2.05) is 0 Å². The third kappa shape index (κ3) is 3.78. The first-order chi connectivity index (χ1) is 13.0. The van der Waals surface area contributed by atoms with Gasteiger partial charge in [-0.25, -0.2) is 13.1 Å². The molecule has 4 rings (SSSR count). The summed E-state index contributed by atoms with van der Waals surface area (Å²) >= 11 is 0. The van der Waals surface area contributed by atoms with Crippen molar-refractivity contribution in [1.82, 2.24) is 20.0 Å². The van der Waals surface area contributed by atoms with Gasteiger partial charge in [-0.05, 0) is 19.1 Å². The second kappa shape index (κ2) is 7.00. The van der Waals surface area contributed by atoms with Crippen LogP contribution in [0.2, 0.25) is 0 Å². The smallest absolute Gasteiger partial charge is 0.242 e. The van der Waals surface area contributed by atoms with Crippen LogP contribution in [0.1, 0.15) is 18.1 Å². The van der Waals surface area contributed by atoms with Crippen LogP contribution in [0.5, 0.6) is 11.5 Å². The molecule has 3 aromatic rings. The molecule has 1 aliphatic heterocycles. The highest BCUT2D eigenvalue weighted by Crippen LogP contribution is 2.31. The molecule has 0 atom stereocenters. The fourth-order valence-electron chi connectivity index (χ4n) is 2.45. The summed E-state index contributed by atoms with van der Waals surface area (Å²) in [6.45, 7) is 2.57. The van der Waals surface area contributed by atoms with Crippen LogP contribution in [0, 0.1) is 6.92 Å². The van der Waals surface area contributed by atoms with E-state index in [-0.39, 0.29) is 23.2 Å². The van der Waals surface area contributed by atoms with E-state index in [1.54, 1.807) is 19.1 Å². The third-order valence-corrected chi connectivity index (χ3v) is 5.17. The van der Waals surface area contributed by atoms with E-state index in [9.17, 15) is 8.42 Å². The summed E-state index contributed by atoms with van der Waals surface area (Å²) in [7, 11) is -3.80. The molecular formula is C16H16N4O6S. The minimum atomic E-state index is -3.80. The molecule has 0 saturated carbocycles. The largest absolute Gasteiger partial charge is 0.490 e. The van der Waals surface area contributed by atoms with Crippen molar-refractivity contribution in [2.24, 2.45) is 0 Å². The van der Waals surface area contributed by atoms with Crippen molar-refractivity contribution in [3.05, 3.63) is 35.9 Å². The zero-order valence-electron chi connectivity index (χ0n) is 14.3. The normalized spacial score (nSPS) is 14.1. The monoisotopic (exact) mass is 392 g/mol. The molecule has 0 bridgehead atoms. The first kappa shape index (κ1) is 17.5. The topological polar surface area (TPSA) is 130 Å². The van der Waals surface area contributed by atoms with E-state index in [0.717, 1.165) is 6.42 Å². The van der Waals surface area contributed by atoms with E-state index >= 15 is 0 Å². The van der Waals surface area contributed by atoms with Gasteiger partial charge in [-0.2, -0.15) is 4.98 Å². The van der Waals surface area contributed by atoms with E-state index in [0.29, 0.717) is 36.2 Å². The Labute approximate surface area is 154 Å². The number of nitrogens with one attached hydrogen (secondary N) is 1. The molecule has 0 fully saturated rings. The molecule has 27 heavy (non-hydrogen) atoms. The molecule has 0 spiro atoms. The zero-order chi connectivity index (χ0) is 18.9. The summed E-state index contributed by atoms with van der Waals surface area (Å²) < 4.78 is 48.5. The number of sulfonamides is 1. The van der Waals surface area contributed by atoms with Crippen LogP contribution < -0.4 is 14.2 Å². The first-order valence-electron chi connectivity index (χ1n) is 8.17. The third-order valence-electron chi connectivity index (χ3n) is 3.77. The molecule has 0 amide bonds. The molecule has 1 aromatic carbocycles. The lowest BCUT2D eigenvalue weighted by atomic mass is 10.3. The van der Waals surface area contributed by atoms with Gasteiger partial charge in [0.1, 0.15) is 5.76 Å². The molecule has 10 nitrogen and oxygen atoms in total. The highest BCUT2D eigenvalue weighted by atomic mass is 32.2. The minimum Gasteiger partial charge on any atom is -0.490 e. The number of aryl methyl sites for hydroxylation is 1. The highest BCUT2D eigenvalue weighted by molar-refractivity contribution is 7.89. The van der Waals surface area contributed by atoms with E-state index in [1.165, 1.54) is 12.1 Å². The van der Waals surface area contributed by atoms with Crippen LogP contribution in [-0.4, -0.2) is 36.9 Å². The standard InChI is InChI=1S/C16H16N4O6S/c1-10-7-12(19-25-10)16-18-15(26-20-16)9-17-27(21,22)11-3-4-13-14(8-11)24-6-2-5-23-13/h3-4,7-8,17H,2,5-6,9H2,1H3. The van der Waals surface area contributed by atoms with Crippen LogP contribution in [0.3, 0.4) is 0 Å². The van der Waals surface area contributed by atoms with Gasteiger partial charge in [-0.1, -0.05) is 10.3 Å². The number of fused-ring (bicyclic) bond motifs is 1. The van der Waals surface area contributed by atoms with Crippen LogP contribution in [-0.2, 0) is 16.6 Å². The maximum atomic E-state index is 12.5. The van der Waals surface area contributed by atoms with Crippen LogP contribution >= 0.6 is 0 Å². The van der Waals surface area contributed by atoms with Gasteiger partial charge in [0, 0.05) is 18.6 Å². The Hall–Kier alpha value is -2.92. The molecule has 11 heteroatoms. The Bertz CT molecular complexity index is 1060. The van der Waals surface area contributed by atoms with Gasteiger partial charge in [-0.3, -0.25) is 0 Å². The highest BCUT2D eigenvalue weighted by Gasteiger charge is 2.20. The molecule has 0 aliphatic carbocycles. The fourth-order valence-corrected chi connectivity index (χ4v) is 3.44. The van der Waals surface area contributed by atoms with E-state index in [4.69, 9.17) is 18.5 Å². The van der Waals surface area contributed by atoms with Crippen LogP contribution in [0.15, 0.2) is 38.2 Å². The molecule has 1 N–H and O–H groups in total. The summed E-state index contributed by atoms with van der Waals surface area (Å²) in [5.74, 6) is 1.85. The number of nitrogens with zero attached hydrogens (tertiary/aromatic N) is 3. The maximum Gasteiger partial charge on any atom is 0.242 e. The van der Waals surface area contributed by atoms with Crippen LogP contribution in [0.4, 0.5) is 0 Å². The summed E-state index contributed by atoms with van der Waals surface area (Å²) in [6.07, 6.45) is 0.736. The number of benzene rings is 1. The van der Waals surface area contributed by atoms with Gasteiger partial charge in [0.2, 0.25) is 21.7 Å². The second-order valence-corrected chi connectivity index (χ2v) is 7.59. The van der Waals surface area contributed by atoms with Crippen molar-refractivity contribution in [1.29, 1.82) is 0 Å². The molecule has 2 aromatic heterocycles. The number of rotatable bonds is 5. The quantitative estimate of drug-likeness (QED) is 0.689. The fraction of sp³-hybridized carbons (Fsp3) is 0.312. The molecule has 0 saturated heterocycles. The van der Waals surface area contributed by atoms with Gasteiger partial charge in [0.25, 0.3) is 0 Å². The van der Waals surface area contributed by atoms with Gasteiger partial charge in [-0.15, -0.1) is 0 Å². The van der Waals surface area contributed by atoms with E-state index in [2.05, 4.69) is 20.0 Å². The Morgan fingerprint density at radius 2 is 1.89 bits per heavy atom. The Morgan fingerprint density at radius 1 is 1.07 bits per heavy atom. The Balaban J connectivity index is 1.48. The summed E-state index contributed by atoms with van der Waals surface area (Å²) in [5.41, 5.74) is 0.410. The van der Waals surface area contributed by atoms with Gasteiger partial charge in [0.15, 0.2) is 17.2 Å². The maximum absolute atomic E-state index is 12.5. The minimum absolute atomic E-state index is 0.0543. The van der Waals surface area contributed by atoms with Gasteiger partial charge < -0.3 is 18.5 Å². The van der Waals surface area contributed by atoms with Gasteiger partial charge >= 0.3 is 0 Å². The second-order valence-electron chi connectivity index (χ2n) is 5.82. The predicted molar refractivity (Wildman–Crippen MR) is 90.6 cm³/mol. The Morgan fingerprint density at radius 3 is 2.67 bits per heavy atom. The number of ether oxygens (including phenoxy) is 2. The van der Waals surface area contributed by atoms with E-state index < -0.39 is 10.0 Å². The molecule has 0 radical (unpaired) electrons. The molecular weight excluding hydrogens is 376 g/mol. The SMILES string of the molecule is Cc1cc(-c2noc(CNS(=O)(=O)c3ccc4c(c3)OCCCO4)n2)no1. The molecule has 1 aliphatic rings.